The molecule has 0 heterocycles. The van der Waals surface area contributed by atoms with E-state index in [0.717, 1.165) is 21.9 Å². The van der Waals surface area contributed by atoms with Gasteiger partial charge in [-0.05, 0) is 52.2 Å². The van der Waals surface area contributed by atoms with E-state index in [1.165, 1.54) is 0 Å². The molecule has 0 atom stereocenters. The highest BCUT2D eigenvalue weighted by atomic mass is 16.4. The first-order chi connectivity index (χ1) is 9.63. The van der Waals surface area contributed by atoms with Gasteiger partial charge in [0.2, 0.25) is 0 Å². The van der Waals surface area contributed by atoms with Crippen molar-refractivity contribution < 1.29 is 15.0 Å². The molecule has 0 bridgehead atoms. The van der Waals surface area contributed by atoms with Crippen molar-refractivity contribution in [3.8, 4) is 16.9 Å². The van der Waals surface area contributed by atoms with E-state index in [1.54, 1.807) is 24.3 Å². The van der Waals surface area contributed by atoms with E-state index in [2.05, 4.69) is 0 Å². The third-order valence-corrected chi connectivity index (χ3v) is 3.29. The molecule has 0 aliphatic rings. The van der Waals surface area contributed by atoms with Gasteiger partial charge in [-0.3, -0.25) is 0 Å². The van der Waals surface area contributed by atoms with Gasteiger partial charge in [0.15, 0.2) is 0 Å². The summed E-state index contributed by atoms with van der Waals surface area (Å²) in [4.78, 5) is 10.9. The van der Waals surface area contributed by atoms with E-state index in [1.807, 2.05) is 36.4 Å². The molecule has 3 aromatic carbocycles. The number of hydrogen-bond donors (Lipinski definition) is 2. The van der Waals surface area contributed by atoms with Crippen molar-refractivity contribution in [1.82, 2.24) is 0 Å². The fourth-order valence-corrected chi connectivity index (χ4v) is 2.21. The zero-order chi connectivity index (χ0) is 14.1. The van der Waals surface area contributed by atoms with Crippen LogP contribution in [0.5, 0.6) is 5.75 Å². The van der Waals surface area contributed by atoms with Gasteiger partial charge in [-0.25, -0.2) is 4.79 Å². The summed E-state index contributed by atoms with van der Waals surface area (Å²) in [6.07, 6.45) is 0. The molecule has 0 saturated heterocycles. The van der Waals surface area contributed by atoms with Crippen molar-refractivity contribution in [1.29, 1.82) is 0 Å². The van der Waals surface area contributed by atoms with Crippen LogP contribution in [0.4, 0.5) is 0 Å². The van der Waals surface area contributed by atoms with Gasteiger partial charge in [0.05, 0.1) is 5.56 Å². The van der Waals surface area contributed by atoms with Crippen LogP contribution in [0.1, 0.15) is 10.4 Å². The Morgan fingerprint density at radius 3 is 2.05 bits per heavy atom. The lowest BCUT2D eigenvalue weighted by molar-refractivity contribution is 0.0697. The minimum absolute atomic E-state index is 0.237. The second-order valence-electron chi connectivity index (χ2n) is 4.63. The molecular weight excluding hydrogens is 252 g/mol. The Labute approximate surface area is 115 Å². The standard InChI is InChI=1S/C17H12O3/c18-16-7-5-11(6-8-16)12-1-2-14-10-15(17(19)20)4-3-13(14)9-12/h1-10,18H,(H,19,20). The Hall–Kier alpha value is -2.81. The second-order valence-corrected chi connectivity index (χ2v) is 4.63. The molecule has 98 valence electrons. The Bertz CT molecular complexity index is 789. The van der Waals surface area contributed by atoms with Crippen LogP contribution in [0.3, 0.4) is 0 Å². The van der Waals surface area contributed by atoms with E-state index in [0.29, 0.717) is 0 Å². The molecule has 0 fully saturated rings. The summed E-state index contributed by atoms with van der Waals surface area (Å²) in [6.45, 7) is 0. The average molecular weight is 264 g/mol. The SMILES string of the molecule is O=C(O)c1ccc2cc(-c3ccc(O)cc3)ccc2c1. The Kier molecular flexibility index (Phi) is 2.88. The van der Waals surface area contributed by atoms with E-state index in [4.69, 9.17) is 5.11 Å². The van der Waals surface area contributed by atoms with Crippen LogP contribution < -0.4 is 0 Å². The van der Waals surface area contributed by atoms with Crippen molar-refractivity contribution in [3.05, 3.63) is 66.2 Å². The first-order valence-corrected chi connectivity index (χ1v) is 6.20. The molecule has 0 unspecified atom stereocenters. The van der Waals surface area contributed by atoms with Crippen molar-refractivity contribution in [2.75, 3.05) is 0 Å². The van der Waals surface area contributed by atoms with Gasteiger partial charge >= 0.3 is 5.97 Å². The first kappa shape index (κ1) is 12.2. The number of carboxylic acids is 1. The number of carbonyl (C=O) groups is 1. The van der Waals surface area contributed by atoms with Crippen LogP contribution in [0.15, 0.2) is 60.7 Å². The summed E-state index contributed by atoms with van der Waals surface area (Å²) in [6, 6.07) is 17.9. The number of aromatic hydroxyl groups is 1. The summed E-state index contributed by atoms with van der Waals surface area (Å²) >= 11 is 0. The Morgan fingerprint density at radius 1 is 0.750 bits per heavy atom. The molecule has 3 rings (SSSR count). The number of fused-ring (bicyclic) bond motifs is 1. The van der Waals surface area contributed by atoms with E-state index < -0.39 is 5.97 Å². The maximum absolute atomic E-state index is 10.9. The molecule has 3 nitrogen and oxygen atoms in total. The fourth-order valence-electron chi connectivity index (χ4n) is 2.21. The number of phenolic OH excluding ortho intramolecular Hbond substituents is 1. The smallest absolute Gasteiger partial charge is 0.335 e. The van der Waals surface area contributed by atoms with Gasteiger partial charge in [0.1, 0.15) is 5.75 Å². The summed E-state index contributed by atoms with van der Waals surface area (Å²) in [5.74, 6) is -0.685. The molecule has 0 amide bonds. The summed E-state index contributed by atoms with van der Waals surface area (Å²) in [5.41, 5.74) is 2.32. The minimum Gasteiger partial charge on any atom is -0.508 e. The first-order valence-electron chi connectivity index (χ1n) is 6.20. The maximum Gasteiger partial charge on any atom is 0.335 e. The normalized spacial score (nSPS) is 10.6. The molecule has 0 aromatic heterocycles. The van der Waals surface area contributed by atoms with Gasteiger partial charge in [-0.1, -0.05) is 30.3 Å². The third-order valence-electron chi connectivity index (χ3n) is 3.29. The highest BCUT2D eigenvalue weighted by molar-refractivity contribution is 5.95. The summed E-state index contributed by atoms with van der Waals surface area (Å²) in [5, 5.41) is 20.2. The van der Waals surface area contributed by atoms with Gasteiger partial charge < -0.3 is 10.2 Å². The summed E-state index contributed by atoms with van der Waals surface area (Å²) in [7, 11) is 0. The molecule has 0 radical (unpaired) electrons. The lowest BCUT2D eigenvalue weighted by Crippen LogP contribution is -1.95. The van der Waals surface area contributed by atoms with Crippen molar-refractivity contribution in [3.63, 3.8) is 0 Å². The van der Waals surface area contributed by atoms with E-state index in [-0.39, 0.29) is 11.3 Å². The molecule has 0 aliphatic heterocycles. The zero-order valence-electron chi connectivity index (χ0n) is 10.6. The predicted molar refractivity (Wildman–Crippen MR) is 78.0 cm³/mol. The molecule has 2 N–H and O–H groups in total. The number of carboxylic acid groups (broad SMARTS) is 1. The van der Waals surface area contributed by atoms with Crippen LogP contribution in [-0.4, -0.2) is 16.2 Å². The molecule has 3 heteroatoms. The Morgan fingerprint density at radius 2 is 1.35 bits per heavy atom. The average Bonchev–Trinajstić information content (AvgIpc) is 2.47. The minimum atomic E-state index is -0.922. The fraction of sp³-hybridized carbons (Fsp3) is 0. The molecular formula is C17H12O3. The predicted octanol–water partition coefficient (Wildman–Crippen LogP) is 3.91. The van der Waals surface area contributed by atoms with Gasteiger partial charge in [0, 0.05) is 0 Å². The number of benzene rings is 3. The summed E-state index contributed by atoms with van der Waals surface area (Å²) < 4.78 is 0. The maximum atomic E-state index is 10.9. The largest absolute Gasteiger partial charge is 0.508 e. The third kappa shape index (κ3) is 2.21. The quantitative estimate of drug-likeness (QED) is 0.737. The van der Waals surface area contributed by atoms with E-state index >= 15 is 0 Å². The van der Waals surface area contributed by atoms with Crippen LogP contribution in [0, 0.1) is 0 Å². The monoisotopic (exact) mass is 264 g/mol. The van der Waals surface area contributed by atoms with E-state index in [9.17, 15) is 9.90 Å². The highest BCUT2D eigenvalue weighted by Gasteiger charge is 2.05. The molecule has 20 heavy (non-hydrogen) atoms. The van der Waals surface area contributed by atoms with Crippen molar-refractivity contribution in [2.45, 2.75) is 0 Å². The zero-order valence-corrected chi connectivity index (χ0v) is 10.6. The lowest BCUT2D eigenvalue weighted by Gasteiger charge is -2.05. The van der Waals surface area contributed by atoms with Gasteiger partial charge in [0.25, 0.3) is 0 Å². The topological polar surface area (TPSA) is 57.5 Å². The molecule has 3 aromatic rings. The van der Waals surface area contributed by atoms with Gasteiger partial charge in [-0.15, -0.1) is 0 Å². The second kappa shape index (κ2) is 4.70. The van der Waals surface area contributed by atoms with Crippen LogP contribution in [-0.2, 0) is 0 Å². The van der Waals surface area contributed by atoms with Gasteiger partial charge in [-0.2, -0.15) is 0 Å². The highest BCUT2D eigenvalue weighted by Crippen LogP contribution is 2.26. The van der Waals surface area contributed by atoms with Crippen LogP contribution in [0.2, 0.25) is 0 Å². The molecule has 0 saturated carbocycles. The van der Waals surface area contributed by atoms with Crippen LogP contribution in [0.25, 0.3) is 21.9 Å². The van der Waals surface area contributed by atoms with Crippen molar-refractivity contribution in [2.24, 2.45) is 0 Å². The molecule has 0 aliphatic carbocycles. The number of aromatic carboxylic acids is 1. The molecule has 0 spiro atoms. The number of rotatable bonds is 2. The number of phenols is 1. The Balaban J connectivity index is 2.09. The van der Waals surface area contributed by atoms with Crippen LogP contribution >= 0.6 is 0 Å². The lowest BCUT2D eigenvalue weighted by atomic mass is 10.00. The van der Waals surface area contributed by atoms with Crippen molar-refractivity contribution >= 4 is 16.7 Å². The number of hydrogen-bond acceptors (Lipinski definition) is 2.